The van der Waals surface area contributed by atoms with Crippen molar-refractivity contribution in [2.24, 2.45) is 0 Å². The summed E-state index contributed by atoms with van der Waals surface area (Å²) in [4.78, 5) is 28.5. The van der Waals surface area contributed by atoms with Crippen LogP contribution in [0.4, 0.5) is 18.0 Å². The maximum atomic E-state index is 12.5. The first kappa shape index (κ1) is 26.3. The third-order valence-electron chi connectivity index (χ3n) is 5.71. The van der Waals surface area contributed by atoms with Crippen molar-refractivity contribution in [3.63, 3.8) is 0 Å². The van der Waals surface area contributed by atoms with Crippen molar-refractivity contribution < 1.29 is 32.2 Å². The zero-order valence-corrected chi connectivity index (χ0v) is 19.6. The highest BCUT2D eigenvalue weighted by Crippen LogP contribution is 2.16. The average Bonchev–Trinajstić information content (AvgIpc) is 2.86. The Morgan fingerprint density at radius 1 is 0.886 bits per heavy atom. The number of ether oxygens (including phenoxy) is 2. The molecule has 2 aromatic carbocycles. The maximum absolute atomic E-state index is 12.5. The van der Waals surface area contributed by atoms with E-state index in [2.05, 4.69) is 10.1 Å². The number of methoxy groups -OCH3 is 1. The van der Waals surface area contributed by atoms with E-state index in [0.29, 0.717) is 51.1 Å². The van der Waals surface area contributed by atoms with E-state index >= 15 is 0 Å². The maximum Gasteiger partial charge on any atom is 0.411 e. The second-order valence-electron chi connectivity index (χ2n) is 8.30. The summed E-state index contributed by atoms with van der Waals surface area (Å²) in [6.45, 7) is 0.763. The molecule has 1 N–H and O–H groups in total. The van der Waals surface area contributed by atoms with E-state index in [1.54, 1.807) is 41.2 Å². The predicted molar refractivity (Wildman–Crippen MR) is 124 cm³/mol. The van der Waals surface area contributed by atoms with Crippen LogP contribution in [-0.2, 0) is 29.1 Å². The summed E-state index contributed by atoms with van der Waals surface area (Å²) in [7, 11) is 1.61. The van der Waals surface area contributed by atoms with Crippen LogP contribution in [0.2, 0.25) is 0 Å². The molecule has 0 aromatic heterocycles. The number of aryl methyl sites for hydroxylation is 1. The van der Waals surface area contributed by atoms with Crippen LogP contribution in [0.3, 0.4) is 0 Å². The lowest BCUT2D eigenvalue weighted by Crippen LogP contribution is -2.53. The monoisotopic (exact) mass is 493 g/mol. The van der Waals surface area contributed by atoms with E-state index in [9.17, 15) is 22.8 Å². The fourth-order valence-corrected chi connectivity index (χ4v) is 3.69. The number of benzene rings is 2. The molecule has 0 atom stereocenters. The summed E-state index contributed by atoms with van der Waals surface area (Å²) in [5.41, 5.74) is 2.52. The molecule has 35 heavy (non-hydrogen) atoms. The van der Waals surface area contributed by atoms with Crippen LogP contribution < -0.4 is 10.1 Å². The number of nitrogens with zero attached hydrogens (tertiary/aromatic N) is 2. The number of carbonyl (C=O) groups excluding carboxylic acids is 2. The second kappa shape index (κ2) is 12.4. The standard InChI is InChI=1S/C25H30F3N3O4/c1-34-22-9-6-19(7-10-22)8-11-23(32)30-12-14-31(15-13-30)24(33)29-16-20-2-4-21(5-3-20)17-35-18-25(26,27)28/h2-7,9-10H,8,11-18H2,1H3,(H,29,33). The normalized spacial score (nSPS) is 14.1. The number of amides is 3. The molecular weight excluding hydrogens is 463 g/mol. The molecule has 0 unspecified atom stereocenters. The van der Waals surface area contributed by atoms with Gasteiger partial charge in [-0.05, 0) is 35.2 Å². The number of hydrogen-bond acceptors (Lipinski definition) is 4. The lowest BCUT2D eigenvalue weighted by Gasteiger charge is -2.34. The molecule has 1 saturated heterocycles. The minimum absolute atomic E-state index is 0.0696. The van der Waals surface area contributed by atoms with Crippen LogP contribution in [0.15, 0.2) is 48.5 Å². The van der Waals surface area contributed by atoms with Gasteiger partial charge in [0, 0.05) is 39.1 Å². The molecule has 10 heteroatoms. The lowest BCUT2D eigenvalue weighted by molar-refractivity contribution is -0.176. The van der Waals surface area contributed by atoms with E-state index in [-0.39, 0.29) is 18.5 Å². The Bertz CT molecular complexity index is 957. The largest absolute Gasteiger partial charge is 0.497 e. The molecule has 1 aliphatic rings. The van der Waals surface area contributed by atoms with Crippen LogP contribution in [0.5, 0.6) is 5.75 Å². The average molecular weight is 494 g/mol. The van der Waals surface area contributed by atoms with E-state index < -0.39 is 12.8 Å². The Morgan fingerprint density at radius 2 is 1.46 bits per heavy atom. The zero-order valence-electron chi connectivity index (χ0n) is 19.6. The molecule has 0 aliphatic carbocycles. The van der Waals surface area contributed by atoms with E-state index in [1.807, 2.05) is 24.3 Å². The molecule has 0 bridgehead atoms. The summed E-state index contributed by atoms with van der Waals surface area (Å²) in [6, 6.07) is 14.3. The quantitative estimate of drug-likeness (QED) is 0.578. The number of piperazine rings is 1. The van der Waals surface area contributed by atoms with Crippen molar-refractivity contribution in [2.45, 2.75) is 32.2 Å². The van der Waals surface area contributed by atoms with Crippen LogP contribution in [0.1, 0.15) is 23.1 Å². The molecule has 0 radical (unpaired) electrons. The Morgan fingerprint density at radius 3 is 2.06 bits per heavy atom. The van der Waals surface area contributed by atoms with Crippen LogP contribution in [-0.4, -0.2) is 67.8 Å². The van der Waals surface area contributed by atoms with Gasteiger partial charge in [0.2, 0.25) is 5.91 Å². The van der Waals surface area contributed by atoms with Gasteiger partial charge in [0.25, 0.3) is 0 Å². The molecule has 0 saturated carbocycles. The Kier molecular flexibility index (Phi) is 9.36. The molecule has 2 aromatic rings. The molecule has 1 aliphatic heterocycles. The van der Waals surface area contributed by atoms with E-state index in [0.717, 1.165) is 16.9 Å². The minimum Gasteiger partial charge on any atom is -0.497 e. The Hall–Kier alpha value is -3.27. The molecule has 1 heterocycles. The molecule has 3 amide bonds. The number of rotatable bonds is 9. The summed E-state index contributed by atoms with van der Waals surface area (Å²) in [6.07, 6.45) is -3.28. The Balaban J connectivity index is 1.34. The zero-order chi connectivity index (χ0) is 25.3. The minimum atomic E-state index is -4.35. The van der Waals surface area contributed by atoms with E-state index in [1.165, 1.54) is 0 Å². The van der Waals surface area contributed by atoms with Gasteiger partial charge in [-0.1, -0.05) is 36.4 Å². The van der Waals surface area contributed by atoms with E-state index in [4.69, 9.17) is 4.74 Å². The second-order valence-corrected chi connectivity index (χ2v) is 8.30. The first-order valence-corrected chi connectivity index (χ1v) is 11.4. The van der Waals surface area contributed by atoms with Gasteiger partial charge in [-0.15, -0.1) is 0 Å². The van der Waals surface area contributed by atoms with Gasteiger partial charge in [-0.25, -0.2) is 4.79 Å². The van der Waals surface area contributed by atoms with Crippen molar-refractivity contribution in [3.05, 3.63) is 65.2 Å². The Labute approximate surface area is 202 Å². The number of urea groups is 1. The van der Waals surface area contributed by atoms with Gasteiger partial charge in [0.15, 0.2) is 0 Å². The van der Waals surface area contributed by atoms with Gasteiger partial charge < -0.3 is 24.6 Å². The summed E-state index contributed by atoms with van der Waals surface area (Å²) in [5, 5.41) is 2.84. The molecule has 0 spiro atoms. The summed E-state index contributed by atoms with van der Waals surface area (Å²) in [5.74, 6) is 0.848. The number of carbonyl (C=O) groups is 2. The highest BCUT2D eigenvalue weighted by molar-refractivity contribution is 5.78. The van der Waals surface area contributed by atoms with Crippen molar-refractivity contribution in [1.29, 1.82) is 0 Å². The summed E-state index contributed by atoms with van der Waals surface area (Å²) >= 11 is 0. The van der Waals surface area contributed by atoms with Gasteiger partial charge in [0.1, 0.15) is 12.4 Å². The molecule has 190 valence electrons. The molecular formula is C25H30F3N3O4. The van der Waals surface area contributed by atoms with Crippen molar-refractivity contribution in [3.8, 4) is 5.75 Å². The van der Waals surface area contributed by atoms with Crippen molar-refractivity contribution in [1.82, 2.24) is 15.1 Å². The van der Waals surface area contributed by atoms with Gasteiger partial charge in [0.05, 0.1) is 13.7 Å². The third kappa shape index (κ3) is 8.79. The van der Waals surface area contributed by atoms with Crippen molar-refractivity contribution in [2.75, 3.05) is 39.9 Å². The fraction of sp³-hybridized carbons (Fsp3) is 0.440. The van der Waals surface area contributed by atoms with Crippen LogP contribution in [0, 0.1) is 0 Å². The van der Waals surface area contributed by atoms with Gasteiger partial charge in [-0.2, -0.15) is 13.2 Å². The first-order chi connectivity index (χ1) is 16.7. The predicted octanol–water partition coefficient (Wildman–Crippen LogP) is 3.76. The lowest BCUT2D eigenvalue weighted by atomic mass is 10.1. The molecule has 3 rings (SSSR count). The highest BCUT2D eigenvalue weighted by atomic mass is 19.4. The van der Waals surface area contributed by atoms with Crippen LogP contribution in [0.25, 0.3) is 0 Å². The molecule has 1 fully saturated rings. The third-order valence-corrected chi connectivity index (χ3v) is 5.71. The SMILES string of the molecule is COc1ccc(CCC(=O)N2CCN(C(=O)NCc3ccc(COCC(F)(F)F)cc3)CC2)cc1. The number of hydrogen-bond donors (Lipinski definition) is 1. The van der Waals surface area contributed by atoms with Gasteiger partial charge >= 0.3 is 12.2 Å². The van der Waals surface area contributed by atoms with Gasteiger partial charge in [-0.3, -0.25) is 4.79 Å². The smallest absolute Gasteiger partial charge is 0.411 e. The number of halogens is 3. The number of alkyl halides is 3. The van der Waals surface area contributed by atoms with Crippen molar-refractivity contribution >= 4 is 11.9 Å². The summed E-state index contributed by atoms with van der Waals surface area (Å²) < 4.78 is 46.2. The highest BCUT2D eigenvalue weighted by Gasteiger charge is 2.27. The number of nitrogens with one attached hydrogen (secondary N) is 1. The van der Waals surface area contributed by atoms with Crippen LogP contribution >= 0.6 is 0 Å². The topological polar surface area (TPSA) is 71.1 Å². The fourth-order valence-electron chi connectivity index (χ4n) is 3.69. The molecule has 7 nitrogen and oxygen atoms in total. The first-order valence-electron chi connectivity index (χ1n) is 11.4.